The number of ether oxygens (including phenoxy) is 2. The molecule has 2 aromatic rings. The molecule has 0 aliphatic rings. The van der Waals surface area contributed by atoms with Gasteiger partial charge < -0.3 is 14.0 Å². The van der Waals surface area contributed by atoms with Gasteiger partial charge >= 0.3 is 0 Å². The molecule has 4 heteroatoms. The molecule has 4 nitrogen and oxygen atoms in total. The Morgan fingerprint density at radius 3 is 2.71 bits per heavy atom. The zero-order valence-corrected chi connectivity index (χ0v) is 8.44. The number of methoxy groups -OCH3 is 2. The third-order valence-electron chi connectivity index (χ3n) is 2.25. The number of fused-ring (bicyclic) bond motifs is 1. The van der Waals surface area contributed by atoms with Crippen molar-refractivity contribution in [3.63, 3.8) is 0 Å². The molecular weight excluding hydrogens is 180 g/mol. The molecule has 0 bridgehead atoms. The highest BCUT2D eigenvalue weighted by Gasteiger charge is 2.10. The van der Waals surface area contributed by atoms with Gasteiger partial charge in [0.2, 0.25) is 5.88 Å². The second-order valence-corrected chi connectivity index (χ2v) is 3.02. The van der Waals surface area contributed by atoms with Crippen LogP contribution in [0.4, 0.5) is 0 Å². The minimum Gasteiger partial charge on any atom is -0.494 e. The lowest BCUT2D eigenvalue weighted by Crippen LogP contribution is -1.94. The summed E-state index contributed by atoms with van der Waals surface area (Å²) < 4.78 is 12.3. The van der Waals surface area contributed by atoms with Crippen LogP contribution >= 0.6 is 0 Å². The Bertz CT molecular complexity index is 462. The lowest BCUT2D eigenvalue weighted by atomic mass is 10.3. The van der Waals surface area contributed by atoms with Gasteiger partial charge in [0.25, 0.3) is 0 Å². The number of rotatable bonds is 2. The monoisotopic (exact) mass is 192 g/mol. The zero-order chi connectivity index (χ0) is 10.1. The summed E-state index contributed by atoms with van der Waals surface area (Å²) in [6.07, 6.45) is 3.62. The number of hydrogen-bond donors (Lipinski definition) is 0. The van der Waals surface area contributed by atoms with Gasteiger partial charge in [-0.3, -0.25) is 0 Å². The maximum atomic E-state index is 5.21. The van der Waals surface area contributed by atoms with Gasteiger partial charge in [-0.15, -0.1) is 0 Å². The summed E-state index contributed by atoms with van der Waals surface area (Å²) in [4.78, 5) is 4.16. The first-order valence-electron chi connectivity index (χ1n) is 4.30. The Morgan fingerprint density at radius 2 is 2.07 bits per heavy atom. The summed E-state index contributed by atoms with van der Waals surface area (Å²) >= 11 is 0. The fraction of sp³-hybridized carbons (Fsp3) is 0.300. The Morgan fingerprint density at radius 1 is 1.29 bits per heavy atom. The standard InChI is InChI=1S/C10H12N2O2/c1-12-5-4-7-8(13-2)6-11-10(14-3)9(7)12/h4-6H,1-3H3. The van der Waals surface area contributed by atoms with Gasteiger partial charge in [-0.25, -0.2) is 4.98 Å². The van der Waals surface area contributed by atoms with E-state index in [0.29, 0.717) is 5.88 Å². The third kappa shape index (κ3) is 1.11. The van der Waals surface area contributed by atoms with Crippen molar-refractivity contribution in [1.82, 2.24) is 9.55 Å². The molecule has 14 heavy (non-hydrogen) atoms. The molecule has 0 amide bonds. The van der Waals surface area contributed by atoms with Crippen LogP contribution in [0, 0.1) is 0 Å². The van der Waals surface area contributed by atoms with Crippen molar-refractivity contribution >= 4 is 10.9 Å². The molecule has 0 aliphatic heterocycles. The molecule has 0 fully saturated rings. The molecule has 0 spiro atoms. The Balaban J connectivity index is 2.81. The molecule has 0 aliphatic carbocycles. The first-order valence-corrected chi connectivity index (χ1v) is 4.30. The number of aromatic nitrogens is 2. The molecule has 2 aromatic heterocycles. The Hall–Kier alpha value is -1.71. The van der Waals surface area contributed by atoms with Crippen LogP contribution in [0.5, 0.6) is 11.6 Å². The highest BCUT2D eigenvalue weighted by molar-refractivity contribution is 5.89. The molecular formula is C10H12N2O2. The van der Waals surface area contributed by atoms with Crippen molar-refractivity contribution in [1.29, 1.82) is 0 Å². The predicted molar refractivity (Wildman–Crippen MR) is 53.8 cm³/mol. The van der Waals surface area contributed by atoms with Gasteiger partial charge in [-0.2, -0.15) is 0 Å². The Kier molecular flexibility index (Phi) is 2.04. The highest BCUT2D eigenvalue weighted by atomic mass is 16.5. The minimum atomic E-state index is 0.619. The Labute approximate surface area is 82.1 Å². The molecule has 0 unspecified atom stereocenters. The molecule has 74 valence electrons. The zero-order valence-electron chi connectivity index (χ0n) is 8.44. The average molecular weight is 192 g/mol. The highest BCUT2D eigenvalue weighted by Crippen LogP contribution is 2.30. The molecule has 2 heterocycles. The largest absolute Gasteiger partial charge is 0.494 e. The predicted octanol–water partition coefficient (Wildman–Crippen LogP) is 1.59. The van der Waals surface area contributed by atoms with E-state index in [2.05, 4.69) is 4.98 Å². The third-order valence-corrected chi connectivity index (χ3v) is 2.25. The van der Waals surface area contributed by atoms with Crippen LogP contribution in [0.3, 0.4) is 0 Å². The molecule has 0 atom stereocenters. The van der Waals surface area contributed by atoms with Gasteiger partial charge in [0.05, 0.1) is 20.4 Å². The maximum Gasteiger partial charge on any atom is 0.238 e. The van der Waals surface area contributed by atoms with E-state index in [4.69, 9.17) is 9.47 Å². The van der Waals surface area contributed by atoms with Crippen molar-refractivity contribution in [2.45, 2.75) is 0 Å². The van der Waals surface area contributed by atoms with Crippen LogP contribution in [0.1, 0.15) is 0 Å². The quantitative estimate of drug-likeness (QED) is 0.725. The van der Waals surface area contributed by atoms with Gasteiger partial charge in [-0.05, 0) is 6.07 Å². The van der Waals surface area contributed by atoms with Crippen LogP contribution in [0.2, 0.25) is 0 Å². The van der Waals surface area contributed by atoms with Gasteiger partial charge in [-0.1, -0.05) is 0 Å². The first kappa shape index (κ1) is 8.87. The summed E-state index contributed by atoms with van der Waals surface area (Å²) in [5.41, 5.74) is 0.951. The summed E-state index contributed by atoms with van der Waals surface area (Å²) in [7, 11) is 5.20. The van der Waals surface area contributed by atoms with Gasteiger partial charge in [0, 0.05) is 18.6 Å². The van der Waals surface area contributed by atoms with Crippen molar-refractivity contribution in [2.24, 2.45) is 7.05 Å². The van der Waals surface area contributed by atoms with E-state index in [1.165, 1.54) is 0 Å². The van der Waals surface area contributed by atoms with Crippen LogP contribution in [-0.2, 0) is 7.05 Å². The maximum absolute atomic E-state index is 5.21. The molecule has 2 rings (SSSR count). The van der Waals surface area contributed by atoms with Crippen molar-refractivity contribution in [3.05, 3.63) is 18.5 Å². The second kappa shape index (κ2) is 3.21. The van der Waals surface area contributed by atoms with Crippen molar-refractivity contribution < 1.29 is 9.47 Å². The lowest BCUT2D eigenvalue weighted by Gasteiger charge is -2.06. The van der Waals surface area contributed by atoms with Crippen LogP contribution in [0.25, 0.3) is 10.9 Å². The van der Waals surface area contributed by atoms with E-state index in [9.17, 15) is 0 Å². The lowest BCUT2D eigenvalue weighted by molar-refractivity contribution is 0.393. The molecule has 0 radical (unpaired) electrons. The normalized spacial score (nSPS) is 10.5. The molecule has 0 saturated heterocycles. The number of aryl methyl sites for hydroxylation is 1. The van der Waals surface area contributed by atoms with Crippen LogP contribution in [-0.4, -0.2) is 23.8 Å². The average Bonchev–Trinajstić information content (AvgIpc) is 2.60. The summed E-state index contributed by atoms with van der Waals surface area (Å²) in [6.45, 7) is 0. The van der Waals surface area contributed by atoms with E-state index < -0.39 is 0 Å². The fourth-order valence-electron chi connectivity index (χ4n) is 1.55. The summed E-state index contributed by atoms with van der Waals surface area (Å²) in [5, 5.41) is 1.02. The van der Waals surface area contributed by atoms with E-state index in [1.807, 2.05) is 23.9 Å². The molecule has 0 aromatic carbocycles. The summed E-state index contributed by atoms with van der Waals surface area (Å²) in [5.74, 6) is 1.38. The van der Waals surface area contributed by atoms with E-state index in [1.54, 1.807) is 20.4 Å². The minimum absolute atomic E-state index is 0.619. The number of pyridine rings is 1. The topological polar surface area (TPSA) is 36.3 Å². The summed E-state index contributed by atoms with van der Waals surface area (Å²) in [6, 6.07) is 1.98. The van der Waals surface area contributed by atoms with Gasteiger partial charge in [0.1, 0.15) is 11.3 Å². The smallest absolute Gasteiger partial charge is 0.238 e. The SMILES string of the molecule is COc1cnc(OC)c2c1ccn2C. The van der Waals surface area contributed by atoms with E-state index in [0.717, 1.165) is 16.7 Å². The van der Waals surface area contributed by atoms with E-state index >= 15 is 0 Å². The fourth-order valence-corrected chi connectivity index (χ4v) is 1.55. The number of nitrogens with zero attached hydrogens (tertiary/aromatic N) is 2. The van der Waals surface area contributed by atoms with E-state index in [-0.39, 0.29) is 0 Å². The van der Waals surface area contributed by atoms with Crippen molar-refractivity contribution in [2.75, 3.05) is 14.2 Å². The second-order valence-electron chi connectivity index (χ2n) is 3.02. The number of hydrogen-bond acceptors (Lipinski definition) is 3. The van der Waals surface area contributed by atoms with Crippen molar-refractivity contribution in [3.8, 4) is 11.6 Å². The van der Waals surface area contributed by atoms with Crippen LogP contribution < -0.4 is 9.47 Å². The van der Waals surface area contributed by atoms with Crippen LogP contribution in [0.15, 0.2) is 18.5 Å². The molecule has 0 saturated carbocycles. The van der Waals surface area contributed by atoms with Gasteiger partial charge in [0.15, 0.2) is 0 Å². The molecule has 0 N–H and O–H groups in total. The first-order chi connectivity index (χ1) is 6.77.